The summed E-state index contributed by atoms with van der Waals surface area (Å²) in [6, 6.07) is 7.10. The van der Waals surface area contributed by atoms with E-state index in [9.17, 15) is 5.11 Å². The van der Waals surface area contributed by atoms with Gasteiger partial charge in [0.15, 0.2) is 0 Å². The van der Waals surface area contributed by atoms with Gasteiger partial charge in [-0.15, -0.1) is 0 Å². The van der Waals surface area contributed by atoms with Crippen LogP contribution in [-0.2, 0) is 15.7 Å². The van der Waals surface area contributed by atoms with E-state index in [-0.39, 0.29) is 12.2 Å². The normalized spacial score (nSPS) is 20.3. The lowest BCUT2D eigenvalue weighted by molar-refractivity contribution is 0.00578. The summed E-state index contributed by atoms with van der Waals surface area (Å²) in [6.07, 6.45) is 0.251. The van der Waals surface area contributed by atoms with Crippen molar-refractivity contribution >= 4 is 12.6 Å². The first-order valence-electron chi connectivity index (χ1n) is 6.30. The number of nitriles is 1. The van der Waals surface area contributed by atoms with Crippen LogP contribution in [0.25, 0.3) is 0 Å². The number of hydrogen-bond acceptors (Lipinski definition) is 4. The Morgan fingerprint density at radius 3 is 2.26 bits per heavy atom. The molecule has 1 saturated heterocycles. The molecule has 0 amide bonds. The minimum absolute atomic E-state index is 0.123. The van der Waals surface area contributed by atoms with Crippen LogP contribution in [0.1, 0.15) is 33.3 Å². The number of nitrogens with zero attached hydrogens (tertiary/aromatic N) is 1. The zero-order valence-corrected chi connectivity index (χ0v) is 11.7. The average molecular weight is 259 g/mol. The van der Waals surface area contributed by atoms with Crippen LogP contribution in [0.2, 0.25) is 0 Å². The maximum Gasteiger partial charge on any atom is 0.494 e. The van der Waals surface area contributed by atoms with Crippen molar-refractivity contribution in [2.24, 2.45) is 0 Å². The van der Waals surface area contributed by atoms with Gasteiger partial charge in [0.05, 0.1) is 23.7 Å². The first-order valence-corrected chi connectivity index (χ1v) is 6.30. The molecule has 2 rings (SSSR count). The molecule has 5 heteroatoms. The molecule has 1 N–H and O–H groups in total. The lowest BCUT2D eigenvalue weighted by Gasteiger charge is -2.32. The van der Waals surface area contributed by atoms with E-state index in [1.54, 1.807) is 12.1 Å². The first-order chi connectivity index (χ1) is 8.75. The van der Waals surface area contributed by atoms with Crippen molar-refractivity contribution in [3.8, 4) is 11.8 Å². The zero-order chi connectivity index (χ0) is 14.3. The minimum atomic E-state index is -0.519. The number of rotatable bonds is 2. The molecule has 1 fully saturated rings. The van der Waals surface area contributed by atoms with E-state index >= 15 is 0 Å². The molecule has 4 nitrogen and oxygen atoms in total. The van der Waals surface area contributed by atoms with Crippen LogP contribution in [0.3, 0.4) is 0 Å². The van der Waals surface area contributed by atoms with Crippen molar-refractivity contribution < 1.29 is 14.4 Å². The lowest BCUT2D eigenvalue weighted by Crippen LogP contribution is -2.41. The van der Waals surface area contributed by atoms with Gasteiger partial charge in [0.25, 0.3) is 0 Å². The molecule has 0 aromatic heterocycles. The maximum absolute atomic E-state index is 9.72. The molecule has 19 heavy (non-hydrogen) atoms. The van der Waals surface area contributed by atoms with E-state index in [0.717, 1.165) is 11.0 Å². The summed E-state index contributed by atoms with van der Waals surface area (Å²) >= 11 is 0. The molecule has 0 unspecified atom stereocenters. The standard InChI is InChI=1S/C14H18BNO3/c1-13(2)14(3,4)19-15(18-13)11-7-10(5-6-16)8-12(17)9-11/h7-9,17H,5H2,1-4H3. The summed E-state index contributed by atoms with van der Waals surface area (Å²) in [7, 11) is -0.519. The molecular formula is C14H18BNO3. The lowest BCUT2D eigenvalue weighted by atomic mass is 9.78. The Hall–Kier alpha value is -1.51. The molecule has 1 aliphatic rings. The third-order valence-corrected chi connectivity index (χ3v) is 3.81. The summed E-state index contributed by atoms with van der Waals surface area (Å²) < 4.78 is 11.8. The van der Waals surface area contributed by atoms with Gasteiger partial charge >= 0.3 is 7.12 Å². The number of phenolic OH excluding ortho intramolecular Hbond substituents is 1. The molecule has 0 radical (unpaired) electrons. The Morgan fingerprint density at radius 1 is 1.16 bits per heavy atom. The van der Waals surface area contributed by atoms with Crippen LogP contribution < -0.4 is 5.46 Å². The highest BCUT2D eigenvalue weighted by molar-refractivity contribution is 6.62. The van der Waals surface area contributed by atoms with Crippen molar-refractivity contribution in [2.45, 2.75) is 45.3 Å². The summed E-state index contributed by atoms with van der Waals surface area (Å²) in [4.78, 5) is 0. The predicted molar refractivity (Wildman–Crippen MR) is 73.1 cm³/mol. The van der Waals surface area contributed by atoms with E-state index in [2.05, 4.69) is 6.07 Å². The predicted octanol–water partition coefficient (Wildman–Crippen LogP) is 1.76. The summed E-state index contributed by atoms with van der Waals surface area (Å²) in [5, 5.41) is 18.5. The quantitative estimate of drug-likeness (QED) is 0.822. The molecule has 0 aliphatic carbocycles. The van der Waals surface area contributed by atoms with Crippen molar-refractivity contribution in [2.75, 3.05) is 0 Å². The van der Waals surface area contributed by atoms with Gasteiger partial charge in [-0.05, 0) is 50.9 Å². The number of benzene rings is 1. The highest BCUT2D eigenvalue weighted by Crippen LogP contribution is 2.36. The van der Waals surface area contributed by atoms with Crippen molar-refractivity contribution in [3.05, 3.63) is 23.8 Å². The molecule has 0 atom stereocenters. The van der Waals surface area contributed by atoms with Gasteiger partial charge in [0.1, 0.15) is 5.75 Å². The van der Waals surface area contributed by atoms with Gasteiger partial charge < -0.3 is 14.4 Å². The van der Waals surface area contributed by atoms with Gasteiger partial charge in [-0.25, -0.2) is 0 Å². The van der Waals surface area contributed by atoms with Crippen molar-refractivity contribution in [3.63, 3.8) is 0 Å². The van der Waals surface area contributed by atoms with Gasteiger partial charge in [0.2, 0.25) is 0 Å². The number of phenols is 1. The average Bonchev–Trinajstić information content (AvgIpc) is 2.48. The molecule has 1 aromatic carbocycles. The second-order valence-corrected chi connectivity index (χ2v) is 5.86. The molecule has 1 aromatic rings. The minimum Gasteiger partial charge on any atom is -0.508 e. The van der Waals surface area contributed by atoms with Gasteiger partial charge in [-0.2, -0.15) is 5.26 Å². The van der Waals surface area contributed by atoms with Crippen LogP contribution >= 0.6 is 0 Å². The van der Waals surface area contributed by atoms with Crippen LogP contribution in [0, 0.1) is 11.3 Å². The van der Waals surface area contributed by atoms with Crippen molar-refractivity contribution in [1.82, 2.24) is 0 Å². The third-order valence-electron chi connectivity index (χ3n) is 3.81. The Kier molecular flexibility index (Phi) is 3.33. The summed E-state index contributed by atoms with van der Waals surface area (Å²) in [5.74, 6) is 0.123. The first kappa shape index (κ1) is 13.9. The third kappa shape index (κ3) is 2.60. The van der Waals surface area contributed by atoms with Gasteiger partial charge in [0, 0.05) is 0 Å². The van der Waals surface area contributed by atoms with Crippen molar-refractivity contribution in [1.29, 1.82) is 5.26 Å². The Morgan fingerprint density at radius 2 is 1.74 bits per heavy atom. The smallest absolute Gasteiger partial charge is 0.494 e. The van der Waals surface area contributed by atoms with Crippen LogP contribution in [0.5, 0.6) is 5.75 Å². The fourth-order valence-corrected chi connectivity index (χ4v) is 2.01. The number of hydrogen-bond donors (Lipinski definition) is 1. The van der Waals surface area contributed by atoms with Crippen LogP contribution in [-0.4, -0.2) is 23.4 Å². The van der Waals surface area contributed by atoms with E-state index in [0.29, 0.717) is 0 Å². The second-order valence-electron chi connectivity index (χ2n) is 5.86. The molecule has 100 valence electrons. The van der Waals surface area contributed by atoms with Gasteiger partial charge in [-0.3, -0.25) is 0 Å². The molecule has 0 spiro atoms. The SMILES string of the molecule is CC1(C)OB(c2cc(O)cc(CC#N)c2)OC1(C)C. The van der Waals surface area contributed by atoms with E-state index in [1.165, 1.54) is 0 Å². The fraction of sp³-hybridized carbons (Fsp3) is 0.500. The topological polar surface area (TPSA) is 62.5 Å². The molecular weight excluding hydrogens is 241 g/mol. The van der Waals surface area contributed by atoms with Crippen LogP contribution in [0.15, 0.2) is 18.2 Å². The highest BCUT2D eigenvalue weighted by atomic mass is 16.7. The van der Waals surface area contributed by atoms with E-state index in [4.69, 9.17) is 14.6 Å². The summed E-state index contributed by atoms with van der Waals surface area (Å²) in [5.41, 5.74) is 0.660. The van der Waals surface area contributed by atoms with Gasteiger partial charge in [-0.1, -0.05) is 6.07 Å². The summed E-state index contributed by atoms with van der Waals surface area (Å²) in [6.45, 7) is 7.91. The maximum atomic E-state index is 9.72. The van der Waals surface area contributed by atoms with Crippen LogP contribution in [0.4, 0.5) is 0 Å². The Bertz CT molecular complexity index is 518. The Labute approximate surface area is 114 Å². The fourth-order valence-electron chi connectivity index (χ4n) is 2.01. The number of aromatic hydroxyl groups is 1. The monoisotopic (exact) mass is 259 g/mol. The second kappa shape index (κ2) is 4.55. The molecule has 1 aliphatic heterocycles. The molecule has 1 heterocycles. The van der Waals surface area contributed by atoms with E-state index < -0.39 is 18.3 Å². The molecule has 0 saturated carbocycles. The Balaban J connectivity index is 2.32. The highest BCUT2D eigenvalue weighted by Gasteiger charge is 2.51. The largest absolute Gasteiger partial charge is 0.508 e. The van der Waals surface area contributed by atoms with E-state index in [1.807, 2.05) is 33.8 Å². The molecule has 0 bridgehead atoms. The zero-order valence-electron chi connectivity index (χ0n) is 11.7.